The Morgan fingerprint density at radius 2 is 2.17 bits per heavy atom. The first-order valence-electron chi connectivity index (χ1n) is 3.99. The van der Waals surface area contributed by atoms with Crippen molar-refractivity contribution in [2.45, 2.75) is 32.8 Å². The van der Waals surface area contributed by atoms with Crippen molar-refractivity contribution in [1.29, 1.82) is 0 Å². The van der Waals surface area contributed by atoms with E-state index in [0.717, 1.165) is 11.5 Å². The molecule has 0 amide bonds. The molecule has 3 heteroatoms. The zero-order valence-electron chi connectivity index (χ0n) is 8.05. The van der Waals surface area contributed by atoms with Gasteiger partial charge in [-0.1, -0.05) is 25.9 Å². The fourth-order valence-electron chi connectivity index (χ4n) is 0.877. The van der Waals surface area contributed by atoms with E-state index in [1.165, 1.54) is 0 Å². The van der Waals surface area contributed by atoms with Crippen LogP contribution in [0.4, 0.5) is 0 Å². The molecule has 1 rings (SSSR count). The Morgan fingerprint density at radius 3 is 2.58 bits per heavy atom. The maximum Gasteiger partial charge on any atom is 0.162 e. The molecule has 0 saturated carbocycles. The Morgan fingerprint density at radius 1 is 1.50 bits per heavy atom. The lowest BCUT2D eigenvalue weighted by Crippen LogP contribution is -2.10. The van der Waals surface area contributed by atoms with Gasteiger partial charge in [0, 0.05) is 18.6 Å². The Bertz CT molecular complexity index is 247. The van der Waals surface area contributed by atoms with Gasteiger partial charge in [0.2, 0.25) is 0 Å². The lowest BCUT2D eigenvalue weighted by molar-refractivity contribution is 0.155. The molecular weight excluding hydrogens is 154 g/mol. The molecule has 0 atom stereocenters. The van der Waals surface area contributed by atoms with Gasteiger partial charge < -0.3 is 9.26 Å². The van der Waals surface area contributed by atoms with E-state index in [4.69, 9.17) is 9.26 Å². The maximum atomic E-state index is 5.06. The first-order chi connectivity index (χ1) is 5.54. The summed E-state index contributed by atoms with van der Waals surface area (Å²) >= 11 is 0. The largest absolute Gasteiger partial charge is 0.377 e. The number of hydrogen-bond donors (Lipinski definition) is 0. The SMILES string of the molecule is COCc1cc(C(C)(C)C)no1. The van der Waals surface area contributed by atoms with Crippen LogP contribution in [0.25, 0.3) is 0 Å². The zero-order chi connectivity index (χ0) is 9.19. The number of ether oxygens (including phenoxy) is 1. The molecule has 0 unspecified atom stereocenters. The summed E-state index contributed by atoms with van der Waals surface area (Å²) in [6, 6.07) is 1.93. The molecule has 1 aromatic rings. The summed E-state index contributed by atoms with van der Waals surface area (Å²) in [5.74, 6) is 0.780. The molecule has 1 aromatic heterocycles. The minimum atomic E-state index is 0.0511. The molecule has 0 radical (unpaired) electrons. The lowest BCUT2D eigenvalue weighted by Gasteiger charge is -2.12. The van der Waals surface area contributed by atoms with Crippen LogP contribution in [-0.2, 0) is 16.8 Å². The van der Waals surface area contributed by atoms with Crippen LogP contribution in [-0.4, -0.2) is 12.3 Å². The van der Waals surface area contributed by atoms with Crippen molar-refractivity contribution in [3.63, 3.8) is 0 Å². The minimum Gasteiger partial charge on any atom is -0.377 e. The van der Waals surface area contributed by atoms with Gasteiger partial charge in [-0.3, -0.25) is 0 Å². The van der Waals surface area contributed by atoms with Crippen LogP contribution < -0.4 is 0 Å². The van der Waals surface area contributed by atoms with E-state index in [0.29, 0.717) is 6.61 Å². The van der Waals surface area contributed by atoms with Crippen LogP contribution in [0.5, 0.6) is 0 Å². The van der Waals surface area contributed by atoms with E-state index in [1.807, 2.05) is 6.07 Å². The van der Waals surface area contributed by atoms with Crippen molar-refractivity contribution in [3.8, 4) is 0 Å². The highest BCUT2D eigenvalue weighted by Gasteiger charge is 2.18. The molecule has 0 aliphatic heterocycles. The fraction of sp³-hybridized carbons (Fsp3) is 0.667. The highest BCUT2D eigenvalue weighted by Crippen LogP contribution is 2.21. The highest BCUT2D eigenvalue weighted by molar-refractivity contribution is 5.13. The summed E-state index contributed by atoms with van der Waals surface area (Å²) < 4.78 is 9.98. The van der Waals surface area contributed by atoms with Gasteiger partial charge in [-0.05, 0) is 0 Å². The second-order valence-electron chi connectivity index (χ2n) is 3.86. The second-order valence-corrected chi connectivity index (χ2v) is 3.86. The van der Waals surface area contributed by atoms with Gasteiger partial charge in [-0.25, -0.2) is 0 Å². The van der Waals surface area contributed by atoms with Gasteiger partial charge in [-0.15, -0.1) is 0 Å². The van der Waals surface area contributed by atoms with Crippen molar-refractivity contribution in [2.75, 3.05) is 7.11 Å². The molecule has 0 N–H and O–H groups in total. The molecule has 68 valence electrons. The summed E-state index contributed by atoms with van der Waals surface area (Å²) in [4.78, 5) is 0. The average Bonchev–Trinajstić information content (AvgIpc) is 2.35. The Balaban J connectivity index is 2.77. The molecule has 1 heterocycles. The van der Waals surface area contributed by atoms with E-state index in [1.54, 1.807) is 7.11 Å². The molecule has 0 spiro atoms. The first-order valence-corrected chi connectivity index (χ1v) is 3.99. The van der Waals surface area contributed by atoms with Crippen LogP contribution in [0.1, 0.15) is 32.2 Å². The smallest absolute Gasteiger partial charge is 0.162 e. The second kappa shape index (κ2) is 3.27. The predicted molar refractivity (Wildman–Crippen MR) is 45.9 cm³/mol. The fourth-order valence-corrected chi connectivity index (χ4v) is 0.877. The molecule has 0 aliphatic rings. The average molecular weight is 169 g/mol. The Labute approximate surface area is 72.7 Å². The molecular formula is C9H15NO2. The molecule has 12 heavy (non-hydrogen) atoms. The highest BCUT2D eigenvalue weighted by atomic mass is 16.5. The van der Waals surface area contributed by atoms with Gasteiger partial charge in [0.05, 0.1) is 5.69 Å². The number of aromatic nitrogens is 1. The topological polar surface area (TPSA) is 35.3 Å². The quantitative estimate of drug-likeness (QED) is 0.680. The third-order valence-electron chi connectivity index (χ3n) is 1.61. The normalized spacial score (nSPS) is 12.0. The van der Waals surface area contributed by atoms with Crippen molar-refractivity contribution >= 4 is 0 Å². The monoisotopic (exact) mass is 169 g/mol. The molecule has 3 nitrogen and oxygen atoms in total. The summed E-state index contributed by atoms with van der Waals surface area (Å²) in [7, 11) is 1.64. The third kappa shape index (κ3) is 2.08. The van der Waals surface area contributed by atoms with Crippen molar-refractivity contribution in [3.05, 3.63) is 17.5 Å². The van der Waals surface area contributed by atoms with Crippen molar-refractivity contribution in [1.82, 2.24) is 5.16 Å². The molecule has 0 fully saturated rings. The number of hydrogen-bond acceptors (Lipinski definition) is 3. The number of rotatable bonds is 2. The van der Waals surface area contributed by atoms with Gasteiger partial charge in [-0.2, -0.15) is 0 Å². The maximum absolute atomic E-state index is 5.06. The molecule has 0 aromatic carbocycles. The van der Waals surface area contributed by atoms with Gasteiger partial charge in [0.15, 0.2) is 5.76 Å². The van der Waals surface area contributed by atoms with E-state index < -0.39 is 0 Å². The van der Waals surface area contributed by atoms with E-state index in [-0.39, 0.29) is 5.41 Å². The van der Waals surface area contributed by atoms with Crippen LogP contribution in [0.2, 0.25) is 0 Å². The standard InChI is InChI=1S/C9H15NO2/c1-9(2,3)8-5-7(6-11-4)12-10-8/h5H,6H2,1-4H3. The van der Waals surface area contributed by atoms with Crippen LogP contribution in [0.3, 0.4) is 0 Å². The number of nitrogens with zero attached hydrogens (tertiary/aromatic N) is 1. The van der Waals surface area contributed by atoms with Crippen molar-refractivity contribution < 1.29 is 9.26 Å². The first kappa shape index (κ1) is 9.26. The van der Waals surface area contributed by atoms with E-state index in [2.05, 4.69) is 25.9 Å². The third-order valence-corrected chi connectivity index (χ3v) is 1.61. The number of methoxy groups -OCH3 is 1. The molecule has 0 aliphatic carbocycles. The van der Waals surface area contributed by atoms with Gasteiger partial charge in [0.25, 0.3) is 0 Å². The van der Waals surface area contributed by atoms with E-state index >= 15 is 0 Å². The Hall–Kier alpha value is -0.830. The summed E-state index contributed by atoms with van der Waals surface area (Å²) in [5.41, 5.74) is 1.02. The Kier molecular flexibility index (Phi) is 2.52. The summed E-state index contributed by atoms with van der Waals surface area (Å²) in [6.07, 6.45) is 0. The van der Waals surface area contributed by atoms with Gasteiger partial charge >= 0.3 is 0 Å². The van der Waals surface area contributed by atoms with Crippen LogP contribution in [0.15, 0.2) is 10.6 Å². The van der Waals surface area contributed by atoms with E-state index in [9.17, 15) is 0 Å². The van der Waals surface area contributed by atoms with Crippen LogP contribution >= 0.6 is 0 Å². The van der Waals surface area contributed by atoms with Crippen LogP contribution in [0, 0.1) is 0 Å². The predicted octanol–water partition coefficient (Wildman–Crippen LogP) is 2.12. The lowest BCUT2D eigenvalue weighted by atomic mass is 9.92. The van der Waals surface area contributed by atoms with Gasteiger partial charge in [0.1, 0.15) is 6.61 Å². The summed E-state index contributed by atoms with van der Waals surface area (Å²) in [5, 5.41) is 3.95. The zero-order valence-corrected chi connectivity index (χ0v) is 8.05. The minimum absolute atomic E-state index is 0.0511. The summed E-state index contributed by atoms with van der Waals surface area (Å²) in [6.45, 7) is 6.79. The molecule has 0 saturated heterocycles. The molecule has 0 bridgehead atoms. The van der Waals surface area contributed by atoms with Crippen molar-refractivity contribution in [2.24, 2.45) is 0 Å².